The number of benzene rings is 2. The summed E-state index contributed by atoms with van der Waals surface area (Å²) in [5, 5.41) is 1.16. The van der Waals surface area contributed by atoms with Gasteiger partial charge in [0.05, 0.1) is 6.04 Å². The number of carbonyl (C=O) groups excluding carboxylic acids is 2. The molecule has 1 aromatic heterocycles. The number of aromatic nitrogens is 1. The third-order valence-electron chi connectivity index (χ3n) is 7.45. The van der Waals surface area contributed by atoms with Crippen LogP contribution in [0.5, 0.6) is 0 Å². The van der Waals surface area contributed by atoms with Crippen LogP contribution >= 0.6 is 0 Å². The van der Waals surface area contributed by atoms with Gasteiger partial charge < -0.3 is 14.8 Å². The maximum atomic E-state index is 13.7. The lowest BCUT2D eigenvalue weighted by atomic mass is 9.85. The number of hydrogen-bond donors (Lipinski definition) is 1. The molecule has 1 saturated heterocycles. The molecular weight excluding hydrogens is 386 g/mol. The lowest BCUT2D eigenvalue weighted by Gasteiger charge is -2.48. The van der Waals surface area contributed by atoms with Crippen LogP contribution in [-0.2, 0) is 16.0 Å². The van der Waals surface area contributed by atoms with Crippen LogP contribution in [0, 0.1) is 6.92 Å². The molecule has 5 heteroatoms. The van der Waals surface area contributed by atoms with Gasteiger partial charge in [-0.1, -0.05) is 60.9 Å². The topological polar surface area (TPSA) is 56.4 Å². The van der Waals surface area contributed by atoms with Gasteiger partial charge in [0, 0.05) is 29.1 Å². The summed E-state index contributed by atoms with van der Waals surface area (Å²) in [6.45, 7) is 2.27. The predicted octanol–water partition coefficient (Wildman–Crippen LogP) is 4.10. The Labute approximate surface area is 182 Å². The highest BCUT2D eigenvalue weighted by molar-refractivity contribution is 5.97. The van der Waals surface area contributed by atoms with Crippen LogP contribution in [0.15, 0.2) is 48.5 Å². The van der Waals surface area contributed by atoms with Gasteiger partial charge in [-0.15, -0.1) is 0 Å². The zero-order chi connectivity index (χ0) is 21.1. The van der Waals surface area contributed by atoms with Crippen LogP contribution < -0.4 is 0 Å². The Kier molecular flexibility index (Phi) is 4.20. The molecule has 1 N–H and O–H groups in total. The van der Waals surface area contributed by atoms with Gasteiger partial charge in [0.2, 0.25) is 11.8 Å². The first-order valence-corrected chi connectivity index (χ1v) is 11.4. The van der Waals surface area contributed by atoms with Crippen LogP contribution in [0.4, 0.5) is 0 Å². The highest BCUT2D eigenvalue weighted by atomic mass is 16.2. The van der Waals surface area contributed by atoms with Crippen molar-refractivity contribution in [2.45, 2.75) is 57.2 Å². The van der Waals surface area contributed by atoms with Crippen LogP contribution in [0.2, 0.25) is 0 Å². The molecule has 2 atom stereocenters. The molecular formula is C26H27N3O2. The number of aryl methyl sites for hydroxylation is 1. The third-order valence-corrected chi connectivity index (χ3v) is 7.45. The molecule has 3 aromatic rings. The minimum absolute atomic E-state index is 0.0615. The Bertz CT molecular complexity index is 1170. The molecule has 3 heterocycles. The smallest absolute Gasteiger partial charge is 0.246 e. The van der Waals surface area contributed by atoms with Crippen LogP contribution in [-0.4, -0.2) is 45.2 Å². The maximum Gasteiger partial charge on any atom is 0.246 e. The Morgan fingerprint density at radius 1 is 0.968 bits per heavy atom. The van der Waals surface area contributed by atoms with E-state index in [9.17, 15) is 9.59 Å². The summed E-state index contributed by atoms with van der Waals surface area (Å²) in [7, 11) is 0. The largest absolute Gasteiger partial charge is 0.356 e. The molecule has 5 nitrogen and oxygen atoms in total. The van der Waals surface area contributed by atoms with E-state index in [1.165, 1.54) is 11.1 Å². The molecule has 6 rings (SSSR count). The number of H-pyrrole nitrogens is 1. The molecule has 2 aliphatic heterocycles. The Hall–Kier alpha value is -3.08. The fraction of sp³-hybridized carbons (Fsp3) is 0.385. The van der Waals surface area contributed by atoms with Crippen molar-refractivity contribution < 1.29 is 9.59 Å². The minimum atomic E-state index is -0.431. The Balaban J connectivity index is 1.51. The number of hydrogen-bond acceptors (Lipinski definition) is 2. The van der Waals surface area contributed by atoms with E-state index in [4.69, 9.17) is 0 Å². The molecule has 31 heavy (non-hydrogen) atoms. The molecule has 2 aromatic carbocycles. The second-order valence-corrected chi connectivity index (χ2v) is 9.30. The zero-order valence-corrected chi connectivity index (χ0v) is 17.8. The molecule has 3 aliphatic rings. The van der Waals surface area contributed by atoms with E-state index in [-0.39, 0.29) is 30.4 Å². The molecule has 158 valence electrons. The van der Waals surface area contributed by atoms with Gasteiger partial charge in [-0.3, -0.25) is 9.59 Å². The Morgan fingerprint density at radius 3 is 2.48 bits per heavy atom. The van der Waals surface area contributed by atoms with E-state index in [2.05, 4.69) is 48.3 Å². The average Bonchev–Trinajstić information content (AvgIpc) is 3.44. The maximum absolute atomic E-state index is 13.7. The van der Waals surface area contributed by atoms with Crippen LogP contribution in [0.3, 0.4) is 0 Å². The van der Waals surface area contributed by atoms with Crippen LogP contribution in [0.1, 0.15) is 54.1 Å². The number of aromatic amines is 1. The van der Waals surface area contributed by atoms with Crippen molar-refractivity contribution in [3.05, 3.63) is 70.9 Å². The van der Waals surface area contributed by atoms with Crippen molar-refractivity contribution in [2.75, 3.05) is 6.54 Å². The lowest BCUT2D eigenvalue weighted by Crippen LogP contribution is -2.64. The van der Waals surface area contributed by atoms with Crippen molar-refractivity contribution in [3.8, 4) is 0 Å². The number of piperazine rings is 1. The molecule has 0 spiro atoms. The number of para-hydroxylation sites is 1. The summed E-state index contributed by atoms with van der Waals surface area (Å²) in [6, 6.07) is 16.2. The monoisotopic (exact) mass is 413 g/mol. The number of amides is 2. The molecule has 0 radical (unpaired) electrons. The van der Waals surface area contributed by atoms with Crippen molar-refractivity contribution in [1.29, 1.82) is 0 Å². The van der Waals surface area contributed by atoms with Crippen molar-refractivity contribution in [2.24, 2.45) is 0 Å². The van der Waals surface area contributed by atoms with Gasteiger partial charge in [-0.25, -0.2) is 0 Å². The van der Waals surface area contributed by atoms with Crippen molar-refractivity contribution in [3.63, 3.8) is 0 Å². The molecule has 1 aliphatic carbocycles. The Morgan fingerprint density at radius 2 is 1.71 bits per heavy atom. The predicted molar refractivity (Wildman–Crippen MR) is 120 cm³/mol. The zero-order valence-electron chi connectivity index (χ0n) is 17.8. The van der Waals surface area contributed by atoms with Gasteiger partial charge >= 0.3 is 0 Å². The number of nitrogens with zero attached hydrogens (tertiary/aromatic N) is 2. The fourth-order valence-corrected chi connectivity index (χ4v) is 5.91. The van der Waals surface area contributed by atoms with Gasteiger partial charge in [-0.05, 0) is 37.0 Å². The van der Waals surface area contributed by atoms with Gasteiger partial charge in [0.1, 0.15) is 12.6 Å². The second kappa shape index (κ2) is 6.98. The van der Waals surface area contributed by atoms with Crippen LogP contribution in [0.25, 0.3) is 10.9 Å². The summed E-state index contributed by atoms with van der Waals surface area (Å²) in [5.41, 5.74) is 5.53. The fourth-order valence-electron chi connectivity index (χ4n) is 5.91. The molecule has 0 bridgehead atoms. The first kappa shape index (κ1) is 18.7. The summed E-state index contributed by atoms with van der Waals surface area (Å²) < 4.78 is 0. The van der Waals surface area contributed by atoms with E-state index in [0.717, 1.165) is 47.8 Å². The van der Waals surface area contributed by atoms with E-state index >= 15 is 0 Å². The quantitative estimate of drug-likeness (QED) is 0.688. The van der Waals surface area contributed by atoms with Crippen molar-refractivity contribution in [1.82, 2.24) is 14.8 Å². The van der Waals surface area contributed by atoms with Gasteiger partial charge in [0.15, 0.2) is 0 Å². The average molecular weight is 414 g/mol. The normalized spacial score (nSPS) is 24.0. The summed E-state index contributed by atoms with van der Waals surface area (Å²) in [4.78, 5) is 34.6. The second-order valence-electron chi connectivity index (χ2n) is 9.30. The first-order valence-electron chi connectivity index (χ1n) is 11.4. The summed E-state index contributed by atoms with van der Waals surface area (Å²) in [6.07, 6.45) is 4.91. The molecule has 2 amide bonds. The lowest BCUT2D eigenvalue weighted by molar-refractivity contribution is -0.160. The minimum Gasteiger partial charge on any atom is -0.356 e. The van der Waals surface area contributed by atoms with E-state index in [1.807, 2.05) is 21.9 Å². The summed E-state index contributed by atoms with van der Waals surface area (Å²) in [5.74, 6) is 0.186. The number of nitrogens with one attached hydrogen (secondary N) is 1. The molecule has 2 fully saturated rings. The van der Waals surface area contributed by atoms with Crippen molar-refractivity contribution >= 4 is 22.7 Å². The highest BCUT2D eigenvalue weighted by Gasteiger charge is 2.49. The molecule has 0 unspecified atom stereocenters. The SMILES string of the molecule is Cc1ccc([C@@H]2c3[nH]c4ccccc4c3C[C@H]3C(=O)N(C4CCCC4)CC(=O)N23)cc1. The van der Waals surface area contributed by atoms with E-state index in [1.54, 1.807) is 0 Å². The molecule has 1 saturated carbocycles. The van der Waals surface area contributed by atoms with Gasteiger partial charge in [0.25, 0.3) is 0 Å². The van der Waals surface area contributed by atoms with E-state index < -0.39 is 6.04 Å². The standard InChI is InChI=1S/C26H27N3O2/c1-16-10-12-17(13-11-16)25-24-20(19-8-4-5-9-21(19)27-24)14-22-26(31)28(15-23(30)29(22)25)18-6-2-3-7-18/h4-5,8-13,18,22,25,27H,2-3,6-7,14-15H2,1H3/t22-,25+/m0/s1. The number of fused-ring (bicyclic) bond motifs is 4. The summed E-state index contributed by atoms with van der Waals surface area (Å²) >= 11 is 0. The van der Waals surface area contributed by atoms with E-state index in [0.29, 0.717) is 6.42 Å². The first-order chi connectivity index (χ1) is 15.1. The highest BCUT2D eigenvalue weighted by Crippen LogP contribution is 2.43. The number of rotatable bonds is 2. The third kappa shape index (κ3) is 2.83. The number of carbonyl (C=O) groups is 2. The van der Waals surface area contributed by atoms with Gasteiger partial charge in [-0.2, -0.15) is 0 Å².